The molecule has 0 aliphatic carbocycles. The second kappa shape index (κ2) is 10.5. The molecule has 182 valence electrons. The van der Waals surface area contributed by atoms with Gasteiger partial charge in [-0.1, -0.05) is 11.6 Å². The summed E-state index contributed by atoms with van der Waals surface area (Å²) in [6.07, 6.45) is -1.15. The highest BCUT2D eigenvalue weighted by atomic mass is 35.5. The molecule has 14 heteroatoms. The number of carbonyl (C=O) groups is 2. The van der Waals surface area contributed by atoms with Crippen LogP contribution in [0.5, 0.6) is 0 Å². The van der Waals surface area contributed by atoms with Gasteiger partial charge >= 0.3 is 6.18 Å². The molecule has 3 heterocycles. The minimum Gasteiger partial charge on any atom is -0.383 e. The number of thiazole rings is 1. The zero-order valence-electron chi connectivity index (χ0n) is 18.2. The van der Waals surface area contributed by atoms with Crippen LogP contribution in [0.15, 0.2) is 24.7 Å². The van der Waals surface area contributed by atoms with Gasteiger partial charge in [-0.2, -0.15) is 13.2 Å². The molecule has 0 bridgehead atoms. The number of aromatic nitrogens is 4. The number of imidazole rings is 1. The first-order valence-corrected chi connectivity index (χ1v) is 11.0. The molecule has 2 amide bonds. The molecule has 1 atom stereocenters. The number of anilines is 1. The number of ether oxygens (including phenoxy) is 1. The third-order valence-corrected chi connectivity index (χ3v) is 6.15. The Bertz CT molecular complexity index is 1200. The smallest absolute Gasteiger partial charge is 0.383 e. The molecule has 0 saturated heterocycles. The molecule has 34 heavy (non-hydrogen) atoms. The first-order valence-electron chi connectivity index (χ1n) is 9.83. The Labute approximate surface area is 201 Å². The van der Waals surface area contributed by atoms with Gasteiger partial charge in [-0.15, -0.1) is 11.3 Å². The lowest BCUT2D eigenvalue weighted by Gasteiger charge is -2.13. The largest absolute Gasteiger partial charge is 0.418 e. The van der Waals surface area contributed by atoms with E-state index in [1.807, 2.05) is 0 Å². The van der Waals surface area contributed by atoms with E-state index in [0.29, 0.717) is 35.7 Å². The molecular weight excluding hydrogens is 497 g/mol. The van der Waals surface area contributed by atoms with Crippen molar-refractivity contribution in [3.05, 3.63) is 56.6 Å². The summed E-state index contributed by atoms with van der Waals surface area (Å²) in [6.45, 7) is 4.33. The van der Waals surface area contributed by atoms with Crippen molar-refractivity contribution < 1.29 is 27.5 Å². The van der Waals surface area contributed by atoms with Crippen LogP contribution in [0.4, 0.5) is 19.0 Å². The van der Waals surface area contributed by atoms with Crippen LogP contribution in [0, 0.1) is 6.92 Å². The fraction of sp³-hybridized carbons (Fsp3) is 0.350. The van der Waals surface area contributed by atoms with Crippen LogP contribution in [0.1, 0.15) is 49.5 Å². The quantitative estimate of drug-likeness (QED) is 0.466. The number of nitrogens with one attached hydrogen (secondary N) is 2. The van der Waals surface area contributed by atoms with Crippen molar-refractivity contribution in [2.45, 2.75) is 32.6 Å². The topological polar surface area (TPSA) is 111 Å². The average molecular weight is 517 g/mol. The van der Waals surface area contributed by atoms with Crippen molar-refractivity contribution in [1.29, 1.82) is 0 Å². The van der Waals surface area contributed by atoms with E-state index in [9.17, 15) is 22.8 Å². The summed E-state index contributed by atoms with van der Waals surface area (Å²) >= 11 is 6.53. The predicted molar refractivity (Wildman–Crippen MR) is 119 cm³/mol. The fourth-order valence-electron chi connectivity index (χ4n) is 2.94. The van der Waals surface area contributed by atoms with Gasteiger partial charge in [0.25, 0.3) is 11.8 Å². The lowest BCUT2D eigenvalue weighted by molar-refractivity contribution is -0.137. The van der Waals surface area contributed by atoms with Crippen molar-refractivity contribution >= 4 is 40.6 Å². The van der Waals surface area contributed by atoms with Crippen molar-refractivity contribution in [1.82, 2.24) is 24.8 Å². The van der Waals surface area contributed by atoms with E-state index in [2.05, 4.69) is 25.6 Å². The van der Waals surface area contributed by atoms with Gasteiger partial charge in [-0.3, -0.25) is 9.59 Å². The molecule has 0 aliphatic rings. The normalized spacial score (nSPS) is 12.4. The van der Waals surface area contributed by atoms with Gasteiger partial charge < -0.3 is 19.9 Å². The molecule has 2 N–H and O–H groups in total. The van der Waals surface area contributed by atoms with Gasteiger partial charge in [0.15, 0.2) is 0 Å². The van der Waals surface area contributed by atoms with Crippen LogP contribution >= 0.6 is 22.9 Å². The molecular formula is C20H20ClF3N6O3S. The Balaban J connectivity index is 1.68. The Morgan fingerprint density at radius 1 is 1.21 bits per heavy atom. The number of methoxy groups -OCH3 is 1. The standard InChI is InChI=1S/C20H20ClF3N6O3S/c1-10(28-17(31)14-8-25-11(2)30(14)4-5-33-3)19-27-9-15(34-19)18(32)29-16-6-12(20(22,23)24)13(21)7-26-16/h6-10H,4-5H2,1-3H3,(H,28,31)(H,26,29,32). The van der Waals surface area contributed by atoms with Crippen LogP contribution in [0.2, 0.25) is 5.02 Å². The van der Waals surface area contributed by atoms with E-state index in [0.717, 1.165) is 17.5 Å². The summed E-state index contributed by atoms with van der Waals surface area (Å²) in [4.78, 5) is 37.4. The average Bonchev–Trinajstić information content (AvgIpc) is 3.40. The first kappa shape index (κ1) is 25.6. The van der Waals surface area contributed by atoms with E-state index in [1.165, 1.54) is 12.4 Å². The summed E-state index contributed by atoms with van der Waals surface area (Å²) in [7, 11) is 1.56. The number of rotatable bonds is 8. The number of nitrogens with zero attached hydrogens (tertiary/aromatic N) is 4. The minimum absolute atomic E-state index is 0.127. The Morgan fingerprint density at radius 3 is 2.62 bits per heavy atom. The summed E-state index contributed by atoms with van der Waals surface area (Å²) in [5, 5.41) is 4.95. The third kappa shape index (κ3) is 5.90. The SMILES string of the molecule is COCCn1c(C(=O)NC(C)c2ncc(C(=O)Nc3cc(C(F)(F)F)c(Cl)cn3)s2)cnc1C. The number of halogens is 4. The molecule has 0 aromatic carbocycles. The van der Waals surface area contributed by atoms with Crippen LogP contribution in [-0.4, -0.2) is 45.1 Å². The third-order valence-electron chi connectivity index (χ3n) is 4.67. The number of carbonyl (C=O) groups excluding carboxylic acids is 2. The molecule has 0 spiro atoms. The Hall–Kier alpha value is -3.03. The minimum atomic E-state index is -4.69. The molecule has 1 unspecified atom stereocenters. The molecule has 0 radical (unpaired) electrons. The second-order valence-electron chi connectivity index (χ2n) is 7.09. The number of amides is 2. The highest BCUT2D eigenvalue weighted by molar-refractivity contribution is 7.13. The Kier molecular flexibility index (Phi) is 7.89. The molecule has 3 aromatic heterocycles. The van der Waals surface area contributed by atoms with Crippen LogP contribution < -0.4 is 10.6 Å². The van der Waals surface area contributed by atoms with Crippen LogP contribution in [-0.2, 0) is 17.5 Å². The van der Waals surface area contributed by atoms with Gasteiger partial charge in [-0.25, -0.2) is 15.0 Å². The number of alkyl halides is 3. The van der Waals surface area contributed by atoms with Crippen molar-refractivity contribution in [2.75, 3.05) is 19.0 Å². The lowest BCUT2D eigenvalue weighted by Crippen LogP contribution is -2.29. The summed E-state index contributed by atoms with van der Waals surface area (Å²) in [5.41, 5.74) is -0.758. The zero-order valence-corrected chi connectivity index (χ0v) is 19.8. The van der Waals surface area contributed by atoms with E-state index in [4.69, 9.17) is 16.3 Å². The lowest BCUT2D eigenvalue weighted by atomic mass is 10.2. The van der Waals surface area contributed by atoms with Crippen LogP contribution in [0.25, 0.3) is 0 Å². The maximum atomic E-state index is 13.0. The number of pyridine rings is 1. The molecule has 0 aliphatic heterocycles. The van der Waals surface area contributed by atoms with E-state index in [-0.39, 0.29) is 16.6 Å². The van der Waals surface area contributed by atoms with Gasteiger partial charge in [-0.05, 0) is 19.9 Å². The van der Waals surface area contributed by atoms with Crippen LogP contribution in [0.3, 0.4) is 0 Å². The van der Waals surface area contributed by atoms with Crippen molar-refractivity contribution in [2.24, 2.45) is 0 Å². The van der Waals surface area contributed by atoms with Gasteiger partial charge in [0.2, 0.25) is 0 Å². The fourth-order valence-corrected chi connectivity index (χ4v) is 3.97. The molecule has 3 aromatic rings. The van der Waals surface area contributed by atoms with Crippen molar-refractivity contribution in [3.63, 3.8) is 0 Å². The molecule has 0 saturated carbocycles. The maximum Gasteiger partial charge on any atom is 0.418 e. The molecule has 9 nitrogen and oxygen atoms in total. The zero-order chi connectivity index (χ0) is 25.0. The van der Waals surface area contributed by atoms with E-state index in [1.54, 1.807) is 25.5 Å². The first-order chi connectivity index (χ1) is 16.0. The van der Waals surface area contributed by atoms with Gasteiger partial charge in [0.1, 0.15) is 27.2 Å². The molecule has 0 fully saturated rings. The second-order valence-corrected chi connectivity index (χ2v) is 8.56. The highest BCUT2D eigenvalue weighted by Crippen LogP contribution is 2.35. The summed E-state index contributed by atoms with van der Waals surface area (Å²) in [6, 6.07) is 0.107. The Morgan fingerprint density at radius 2 is 1.94 bits per heavy atom. The summed E-state index contributed by atoms with van der Waals surface area (Å²) < 4.78 is 45.8. The number of hydrogen-bond donors (Lipinski definition) is 2. The number of hydrogen-bond acceptors (Lipinski definition) is 7. The maximum absolute atomic E-state index is 13.0. The van der Waals surface area contributed by atoms with Crippen molar-refractivity contribution in [3.8, 4) is 0 Å². The van der Waals surface area contributed by atoms with Gasteiger partial charge in [0, 0.05) is 19.9 Å². The predicted octanol–water partition coefficient (Wildman–Crippen LogP) is 4.10. The summed E-state index contributed by atoms with van der Waals surface area (Å²) in [5.74, 6) is -0.723. The van der Waals surface area contributed by atoms with Gasteiger partial charge in [0.05, 0.1) is 35.6 Å². The monoisotopic (exact) mass is 516 g/mol. The van der Waals surface area contributed by atoms with E-state index < -0.39 is 28.7 Å². The highest BCUT2D eigenvalue weighted by Gasteiger charge is 2.34. The molecule has 3 rings (SSSR count). The van der Waals surface area contributed by atoms with E-state index >= 15 is 0 Å². The number of aryl methyl sites for hydroxylation is 1.